The maximum Gasteiger partial charge on any atom is 0.335 e. The Balaban J connectivity index is 1.95. The summed E-state index contributed by atoms with van der Waals surface area (Å²) >= 11 is 0. The van der Waals surface area contributed by atoms with Crippen molar-refractivity contribution in [2.45, 2.75) is 52.9 Å². The summed E-state index contributed by atoms with van der Waals surface area (Å²) in [5.41, 5.74) is 0.873. The van der Waals surface area contributed by atoms with E-state index in [-0.39, 0.29) is 24.6 Å². The lowest BCUT2D eigenvalue weighted by Crippen LogP contribution is -2.34. The van der Waals surface area contributed by atoms with E-state index < -0.39 is 6.10 Å². The van der Waals surface area contributed by atoms with Gasteiger partial charge in [-0.15, -0.1) is 0 Å². The van der Waals surface area contributed by atoms with E-state index in [0.717, 1.165) is 17.7 Å². The lowest BCUT2D eigenvalue weighted by Gasteiger charge is -2.23. The van der Waals surface area contributed by atoms with Crippen molar-refractivity contribution < 1.29 is 19.0 Å². The fourth-order valence-electron chi connectivity index (χ4n) is 2.39. The Kier molecular flexibility index (Phi) is 7.67. The van der Waals surface area contributed by atoms with Crippen LogP contribution in [0.1, 0.15) is 39.7 Å². The Morgan fingerprint density at radius 1 is 0.962 bits per heavy atom. The van der Waals surface area contributed by atoms with Crippen molar-refractivity contribution in [1.29, 1.82) is 0 Å². The van der Waals surface area contributed by atoms with Gasteiger partial charge in [0.05, 0.1) is 6.10 Å². The lowest BCUT2D eigenvalue weighted by molar-refractivity contribution is -0.165. The van der Waals surface area contributed by atoms with Crippen LogP contribution in [0.25, 0.3) is 0 Å². The molecule has 0 radical (unpaired) electrons. The van der Waals surface area contributed by atoms with Crippen LogP contribution in [0.15, 0.2) is 54.6 Å². The Hall–Kier alpha value is -2.33. The van der Waals surface area contributed by atoms with Crippen LogP contribution in [0.3, 0.4) is 0 Å². The lowest BCUT2D eigenvalue weighted by atomic mass is 10.1. The van der Waals surface area contributed by atoms with E-state index in [2.05, 4.69) is 0 Å². The van der Waals surface area contributed by atoms with Crippen molar-refractivity contribution >= 4 is 5.97 Å². The van der Waals surface area contributed by atoms with Crippen LogP contribution in [0.5, 0.6) is 11.5 Å². The van der Waals surface area contributed by atoms with Crippen LogP contribution in [-0.2, 0) is 20.9 Å². The van der Waals surface area contributed by atoms with Gasteiger partial charge in [0.2, 0.25) is 0 Å². The van der Waals surface area contributed by atoms with Gasteiger partial charge in [-0.05, 0) is 49.1 Å². The van der Waals surface area contributed by atoms with Crippen LogP contribution in [0, 0.1) is 5.92 Å². The van der Waals surface area contributed by atoms with Crippen molar-refractivity contribution in [3.63, 3.8) is 0 Å². The highest BCUT2D eigenvalue weighted by atomic mass is 16.6. The first-order chi connectivity index (χ1) is 12.5. The van der Waals surface area contributed by atoms with Crippen LogP contribution >= 0.6 is 0 Å². The highest BCUT2D eigenvalue weighted by Gasteiger charge is 2.26. The van der Waals surface area contributed by atoms with E-state index in [0.29, 0.717) is 5.75 Å². The van der Waals surface area contributed by atoms with Crippen molar-refractivity contribution in [2.24, 2.45) is 5.92 Å². The molecule has 2 rings (SSSR count). The van der Waals surface area contributed by atoms with Crippen molar-refractivity contribution in [1.82, 2.24) is 0 Å². The molecule has 0 amide bonds. The van der Waals surface area contributed by atoms with Gasteiger partial charge in [-0.25, -0.2) is 4.79 Å². The van der Waals surface area contributed by atoms with E-state index in [4.69, 9.17) is 14.2 Å². The highest BCUT2D eigenvalue weighted by molar-refractivity contribution is 5.75. The first-order valence-corrected chi connectivity index (χ1v) is 9.13. The fraction of sp³-hybridized carbons (Fsp3) is 0.409. The number of hydrogen-bond donors (Lipinski definition) is 0. The molecule has 0 spiro atoms. The van der Waals surface area contributed by atoms with Crippen molar-refractivity contribution in [2.75, 3.05) is 0 Å². The van der Waals surface area contributed by atoms with Gasteiger partial charge in [0.25, 0.3) is 0 Å². The van der Waals surface area contributed by atoms with E-state index in [1.165, 1.54) is 0 Å². The Morgan fingerprint density at radius 2 is 1.65 bits per heavy atom. The predicted octanol–water partition coefficient (Wildman–Crippen LogP) is 5.36. The maximum atomic E-state index is 12.4. The fourth-order valence-corrected chi connectivity index (χ4v) is 2.39. The van der Waals surface area contributed by atoms with Gasteiger partial charge >= 0.3 is 5.97 Å². The summed E-state index contributed by atoms with van der Waals surface area (Å²) in [5, 5.41) is 0. The van der Waals surface area contributed by atoms with Gasteiger partial charge in [0, 0.05) is 0 Å². The van der Waals surface area contributed by atoms with Crippen LogP contribution in [0.4, 0.5) is 0 Å². The Labute approximate surface area is 156 Å². The molecule has 0 bridgehead atoms. The first kappa shape index (κ1) is 20.0. The number of carbonyl (C=O) groups excluding carboxylic acids is 1. The molecule has 4 heteroatoms. The largest absolute Gasteiger partial charge is 0.459 e. The Morgan fingerprint density at radius 3 is 2.31 bits per heavy atom. The van der Waals surface area contributed by atoms with Gasteiger partial charge in [-0.1, -0.05) is 51.1 Å². The standard InChI is InChI=1S/C22H28O4/c1-5-17(4)25-21(16(2)3)22(23)24-15-18-10-9-13-20(14-18)26-19-11-7-6-8-12-19/h6-14,16-17,21H,5,15H2,1-4H3. The summed E-state index contributed by atoms with van der Waals surface area (Å²) in [6, 6.07) is 17.1. The molecule has 2 aromatic rings. The molecule has 4 nitrogen and oxygen atoms in total. The third-order valence-corrected chi connectivity index (χ3v) is 4.05. The minimum absolute atomic E-state index is 0.0255. The summed E-state index contributed by atoms with van der Waals surface area (Å²) in [5.74, 6) is 1.21. The number of esters is 1. The summed E-state index contributed by atoms with van der Waals surface area (Å²) in [6.45, 7) is 8.11. The summed E-state index contributed by atoms with van der Waals surface area (Å²) in [6.07, 6.45) is 0.335. The van der Waals surface area contributed by atoms with E-state index >= 15 is 0 Å². The maximum absolute atomic E-state index is 12.4. The second-order valence-electron chi connectivity index (χ2n) is 6.69. The molecule has 2 atom stereocenters. The second-order valence-corrected chi connectivity index (χ2v) is 6.69. The van der Waals surface area contributed by atoms with Crippen LogP contribution in [0.2, 0.25) is 0 Å². The molecule has 0 aliphatic carbocycles. The van der Waals surface area contributed by atoms with Crippen molar-refractivity contribution in [3.8, 4) is 11.5 Å². The minimum atomic E-state index is -0.547. The minimum Gasteiger partial charge on any atom is -0.459 e. The van der Waals surface area contributed by atoms with Gasteiger partial charge in [-0.3, -0.25) is 0 Å². The van der Waals surface area contributed by atoms with Crippen molar-refractivity contribution in [3.05, 3.63) is 60.2 Å². The quantitative estimate of drug-likeness (QED) is 0.567. The zero-order valence-electron chi connectivity index (χ0n) is 16.0. The molecule has 0 fully saturated rings. The Bertz CT molecular complexity index is 682. The monoisotopic (exact) mass is 356 g/mol. The number of ether oxygens (including phenoxy) is 3. The highest BCUT2D eigenvalue weighted by Crippen LogP contribution is 2.22. The molecule has 0 saturated heterocycles. The van der Waals surface area contributed by atoms with Gasteiger partial charge in [0.15, 0.2) is 6.10 Å². The average Bonchev–Trinajstić information content (AvgIpc) is 2.65. The average molecular weight is 356 g/mol. The second kappa shape index (κ2) is 9.97. The first-order valence-electron chi connectivity index (χ1n) is 9.13. The number of carbonyl (C=O) groups is 1. The number of rotatable bonds is 9. The zero-order valence-corrected chi connectivity index (χ0v) is 16.0. The number of benzene rings is 2. The molecular weight excluding hydrogens is 328 g/mol. The van der Waals surface area contributed by atoms with Crippen LogP contribution in [-0.4, -0.2) is 18.2 Å². The molecule has 0 aliphatic heterocycles. The topological polar surface area (TPSA) is 44.8 Å². The SMILES string of the molecule is CCC(C)OC(C(=O)OCc1cccc(Oc2ccccc2)c1)C(C)C. The smallest absolute Gasteiger partial charge is 0.335 e. The van der Waals surface area contributed by atoms with Gasteiger partial charge in [-0.2, -0.15) is 0 Å². The van der Waals surface area contributed by atoms with E-state index in [9.17, 15) is 4.79 Å². The molecule has 26 heavy (non-hydrogen) atoms. The predicted molar refractivity (Wildman–Crippen MR) is 102 cm³/mol. The van der Waals surface area contributed by atoms with E-state index in [1.54, 1.807) is 0 Å². The zero-order chi connectivity index (χ0) is 18.9. The molecular formula is C22H28O4. The summed E-state index contributed by atoms with van der Waals surface area (Å²) in [7, 11) is 0. The summed E-state index contributed by atoms with van der Waals surface area (Å²) in [4.78, 5) is 12.4. The third-order valence-electron chi connectivity index (χ3n) is 4.05. The molecule has 2 unspecified atom stereocenters. The van der Waals surface area contributed by atoms with Gasteiger partial charge in [0.1, 0.15) is 18.1 Å². The van der Waals surface area contributed by atoms with Gasteiger partial charge < -0.3 is 14.2 Å². The molecule has 0 heterocycles. The number of hydrogen-bond acceptors (Lipinski definition) is 4. The number of para-hydroxylation sites is 1. The molecule has 0 aromatic heterocycles. The van der Waals surface area contributed by atoms with Crippen LogP contribution < -0.4 is 4.74 Å². The van der Waals surface area contributed by atoms with E-state index in [1.807, 2.05) is 82.3 Å². The normalized spacial score (nSPS) is 13.3. The molecule has 0 aliphatic rings. The third kappa shape index (κ3) is 6.19. The summed E-state index contributed by atoms with van der Waals surface area (Å²) < 4.78 is 17.1. The molecule has 2 aromatic carbocycles. The molecule has 0 N–H and O–H groups in total. The molecule has 140 valence electrons. The molecule has 0 saturated carbocycles.